The lowest BCUT2D eigenvalue weighted by Crippen LogP contribution is -2.38. The Kier molecular flexibility index (Phi) is 2.46. The van der Waals surface area contributed by atoms with E-state index in [0.29, 0.717) is 0 Å². The first-order chi connectivity index (χ1) is 6.70. The molecule has 4 heteroatoms. The number of hydrogen-bond donors (Lipinski definition) is 2. The predicted octanol–water partition coefficient (Wildman–Crippen LogP) is 2.59. The van der Waals surface area contributed by atoms with Crippen molar-refractivity contribution < 1.29 is 4.79 Å². The summed E-state index contributed by atoms with van der Waals surface area (Å²) in [6.45, 7) is 1.99. The van der Waals surface area contributed by atoms with E-state index in [1.54, 1.807) is 0 Å². The summed E-state index contributed by atoms with van der Waals surface area (Å²) in [5, 5.41) is 6.06. The van der Waals surface area contributed by atoms with Crippen molar-refractivity contribution in [2.75, 3.05) is 10.6 Å². The average molecular weight is 255 g/mol. The monoisotopic (exact) mass is 254 g/mol. The van der Waals surface area contributed by atoms with Crippen LogP contribution in [-0.2, 0) is 4.79 Å². The molecule has 0 bridgehead atoms. The second-order valence-corrected chi connectivity index (χ2v) is 4.20. The standard InChI is InChI=1S/C10H11BrN2O/c1-2-7-10(14)13-9-5-6(11)3-4-8(9)12-7/h3-5,7,12H,2H2,1H3,(H,13,14). The third kappa shape index (κ3) is 1.62. The normalized spacial score (nSPS) is 19.6. The van der Waals surface area contributed by atoms with Gasteiger partial charge >= 0.3 is 0 Å². The molecule has 2 N–H and O–H groups in total. The smallest absolute Gasteiger partial charge is 0.246 e. The summed E-state index contributed by atoms with van der Waals surface area (Å²) in [6, 6.07) is 5.70. The topological polar surface area (TPSA) is 41.1 Å². The molecule has 14 heavy (non-hydrogen) atoms. The summed E-state index contributed by atoms with van der Waals surface area (Å²) in [6.07, 6.45) is 0.793. The van der Waals surface area contributed by atoms with Crippen molar-refractivity contribution in [3.8, 4) is 0 Å². The number of fused-ring (bicyclic) bond motifs is 1. The van der Waals surface area contributed by atoms with Crippen LogP contribution < -0.4 is 10.6 Å². The molecule has 1 unspecified atom stereocenters. The molecule has 1 atom stereocenters. The maximum Gasteiger partial charge on any atom is 0.246 e. The summed E-state index contributed by atoms with van der Waals surface area (Å²) in [7, 11) is 0. The van der Waals surface area contributed by atoms with Gasteiger partial charge in [0.05, 0.1) is 11.4 Å². The molecule has 0 saturated carbocycles. The molecular weight excluding hydrogens is 244 g/mol. The first-order valence-electron chi connectivity index (χ1n) is 4.57. The van der Waals surface area contributed by atoms with Crippen LogP contribution in [-0.4, -0.2) is 11.9 Å². The van der Waals surface area contributed by atoms with Gasteiger partial charge in [0.25, 0.3) is 0 Å². The summed E-state index contributed by atoms with van der Waals surface area (Å²) in [5.41, 5.74) is 1.83. The zero-order valence-electron chi connectivity index (χ0n) is 7.80. The lowest BCUT2D eigenvalue weighted by atomic mass is 10.1. The van der Waals surface area contributed by atoms with Crippen molar-refractivity contribution >= 4 is 33.2 Å². The Morgan fingerprint density at radius 3 is 2.93 bits per heavy atom. The van der Waals surface area contributed by atoms with Gasteiger partial charge in [0.1, 0.15) is 6.04 Å². The van der Waals surface area contributed by atoms with E-state index in [-0.39, 0.29) is 11.9 Å². The molecule has 0 saturated heterocycles. The molecule has 74 valence electrons. The number of nitrogens with one attached hydrogen (secondary N) is 2. The molecule has 0 aromatic heterocycles. The lowest BCUT2D eigenvalue weighted by Gasteiger charge is -2.25. The highest BCUT2D eigenvalue weighted by Gasteiger charge is 2.23. The van der Waals surface area contributed by atoms with Crippen LogP contribution in [0.25, 0.3) is 0 Å². The van der Waals surface area contributed by atoms with Crippen molar-refractivity contribution in [2.45, 2.75) is 19.4 Å². The average Bonchev–Trinajstić information content (AvgIpc) is 2.16. The Balaban J connectivity index is 2.35. The zero-order valence-corrected chi connectivity index (χ0v) is 9.39. The van der Waals surface area contributed by atoms with Gasteiger partial charge in [0.2, 0.25) is 5.91 Å². The fourth-order valence-corrected chi connectivity index (χ4v) is 1.87. The van der Waals surface area contributed by atoms with Gasteiger partial charge in [-0.15, -0.1) is 0 Å². The molecule has 1 aromatic carbocycles. The molecule has 1 aliphatic heterocycles. The van der Waals surface area contributed by atoms with E-state index >= 15 is 0 Å². The van der Waals surface area contributed by atoms with E-state index in [2.05, 4.69) is 26.6 Å². The number of anilines is 2. The fraction of sp³-hybridized carbons (Fsp3) is 0.300. The summed E-state index contributed by atoms with van der Waals surface area (Å²) in [4.78, 5) is 11.5. The minimum atomic E-state index is -0.108. The highest BCUT2D eigenvalue weighted by Crippen LogP contribution is 2.30. The van der Waals surface area contributed by atoms with Crippen LogP contribution in [0.5, 0.6) is 0 Å². The molecule has 0 fully saturated rings. The van der Waals surface area contributed by atoms with Crippen molar-refractivity contribution in [3.05, 3.63) is 22.7 Å². The van der Waals surface area contributed by atoms with Gasteiger partial charge in [-0.05, 0) is 24.6 Å². The van der Waals surface area contributed by atoms with E-state index in [1.165, 1.54) is 0 Å². The van der Waals surface area contributed by atoms with E-state index in [4.69, 9.17) is 0 Å². The fourth-order valence-electron chi connectivity index (χ4n) is 1.51. The third-order valence-corrected chi connectivity index (χ3v) is 2.79. The number of halogens is 1. The Morgan fingerprint density at radius 2 is 2.21 bits per heavy atom. The molecule has 0 spiro atoms. The van der Waals surface area contributed by atoms with Crippen LogP contribution >= 0.6 is 15.9 Å². The van der Waals surface area contributed by atoms with Crippen molar-refractivity contribution in [1.82, 2.24) is 0 Å². The van der Waals surface area contributed by atoms with E-state index < -0.39 is 0 Å². The van der Waals surface area contributed by atoms with Gasteiger partial charge in [-0.1, -0.05) is 22.9 Å². The number of amides is 1. The van der Waals surface area contributed by atoms with E-state index in [9.17, 15) is 4.79 Å². The van der Waals surface area contributed by atoms with Crippen molar-refractivity contribution in [1.29, 1.82) is 0 Å². The molecule has 1 aromatic rings. The second kappa shape index (κ2) is 3.61. The molecule has 3 nitrogen and oxygen atoms in total. The Hall–Kier alpha value is -1.03. The molecule has 1 aliphatic rings. The Labute approximate surface area is 91.0 Å². The van der Waals surface area contributed by atoms with Gasteiger partial charge in [-0.25, -0.2) is 0 Å². The van der Waals surface area contributed by atoms with Crippen molar-refractivity contribution in [3.63, 3.8) is 0 Å². The largest absolute Gasteiger partial charge is 0.372 e. The maximum atomic E-state index is 11.5. The quantitative estimate of drug-likeness (QED) is 0.809. The van der Waals surface area contributed by atoms with Crippen LogP contribution in [0, 0.1) is 0 Å². The number of rotatable bonds is 1. The molecule has 0 radical (unpaired) electrons. The number of benzene rings is 1. The lowest BCUT2D eigenvalue weighted by molar-refractivity contribution is -0.117. The Bertz CT molecular complexity index is 378. The minimum absolute atomic E-state index is 0.0399. The summed E-state index contributed by atoms with van der Waals surface area (Å²) >= 11 is 3.36. The van der Waals surface area contributed by atoms with Gasteiger partial charge in [-0.2, -0.15) is 0 Å². The first kappa shape index (κ1) is 9.52. The summed E-state index contributed by atoms with van der Waals surface area (Å²) < 4.78 is 0.966. The van der Waals surface area contributed by atoms with Gasteiger partial charge in [-0.3, -0.25) is 4.79 Å². The highest BCUT2D eigenvalue weighted by molar-refractivity contribution is 9.10. The number of hydrogen-bond acceptors (Lipinski definition) is 2. The third-order valence-electron chi connectivity index (χ3n) is 2.29. The summed E-state index contributed by atoms with van der Waals surface area (Å²) in [5.74, 6) is 0.0399. The van der Waals surface area contributed by atoms with Crippen LogP contribution in [0.2, 0.25) is 0 Å². The van der Waals surface area contributed by atoms with E-state index in [0.717, 1.165) is 22.3 Å². The van der Waals surface area contributed by atoms with Crippen molar-refractivity contribution in [2.24, 2.45) is 0 Å². The predicted molar refractivity (Wildman–Crippen MR) is 60.5 cm³/mol. The van der Waals surface area contributed by atoms with Gasteiger partial charge in [0, 0.05) is 4.47 Å². The van der Waals surface area contributed by atoms with E-state index in [1.807, 2.05) is 25.1 Å². The number of carbonyl (C=O) groups excluding carboxylic acids is 1. The molecule has 1 heterocycles. The molecular formula is C10H11BrN2O. The first-order valence-corrected chi connectivity index (χ1v) is 5.37. The zero-order chi connectivity index (χ0) is 10.1. The molecule has 0 aliphatic carbocycles. The highest BCUT2D eigenvalue weighted by atomic mass is 79.9. The van der Waals surface area contributed by atoms with Crippen LogP contribution in [0.1, 0.15) is 13.3 Å². The van der Waals surface area contributed by atoms with Gasteiger partial charge < -0.3 is 10.6 Å². The molecule has 2 rings (SSSR count). The minimum Gasteiger partial charge on any atom is -0.372 e. The second-order valence-electron chi connectivity index (χ2n) is 3.28. The molecule has 1 amide bonds. The number of carbonyl (C=O) groups is 1. The SMILES string of the molecule is CCC1Nc2ccc(Br)cc2NC1=O. The van der Waals surface area contributed by atoms with Gasteiger partial charge in [0.15, 0.2) is 0 Å². The Morgan fingerprint density at radius 1 is 1.43 bits per heavy atom. The maximum absolute atomic E-state index is 11.5. The van der Waals surface area contributed by atoms with Crippen LogP contribution in [0.4, 0.5) is 11.4 Å². The van der Waals surface area contributed by atoms with Crippen LogP contribution in [0.15, 0.2) is 22.7 Å². The van der Waals surface area contributed by atoms with Crippen LogP contribution in [0.3, 0.4) is 0 Å².